The average molecular weight is 216 g/mol. The van der Waals surface area contributed by atoms with Gasteiger partial charge in [-0.25, -0.2) is 0 Å². The van der Waals surface area contributed by atoms with Gasteiger partial charge in [-0.05, 0) is 31.1 Å². The summed E-state index contributed by atoms with van der Waals surface area (Å²) >= 11 is 0. The Labute approximate surface area is 91.8 Å². The lowest BCUT2D eigenvalue weighted by Gasteiger charge is -2.20. The van der Waals surface area contributed by atoms with Gasteiger partial charge in [-0.1, -0.05) is 36.4 Å². The van der Waals surface area contributed by atoms with E-state index < -0.39 is 8.32 Å². The minimum atomic E-state index is -1.52. The summed E-state index contributed by atoms with van der Waals surface area (Å²) in [5, 5.41) is 2.45. The molecule has 0 atom stereocenters. The van der Waals surface area contributed by atoms with Crippen molar-refractivity contribution < 1.29 is 4.43 Å². The van der Waals surface area contributed by atoms with Crippen LogP contribution in [0.25, 0.3) is 10.8 Å². The first kappa shape index (κ1) is 10.2. The summed E-state index contributed by atoms with van der Waals surface area (Å²) in [6.07, 6.45) is 0. The molecule has 0 amide bonds. The molecule has 2 rings (SSSR count). The summed E-state index contributed by atoms with van der Waals surface area (Å²) in [4.78, 5) is 0. The summed E-state index contributed by atoms with van der Waals surface area (Å²) in [7, 11) is -1.52. The van der Waals surface area contributed by atoms with E-state index in [2.05, 4.69) is 62.1 Å². The van der Waals surface area contributed by atoms with Gasteiger partial charge in [-0.3, -0.25) is 0 Å². The minimum absolute atomic E-state index is 1.02. The second-order valence-corrected chi connectivity index (χ2v) is 9.12. The maximum atomic E-state index is 6.05. The van der Waals surface area contributed by atoms with E-state index in [-0.39, 0.29) is 0 Å². The Bertz CT molecular complexity index is 466. The number of fused-ring (bicyclic) bond motifs is 1. The van der Waals surface area contributed by atoms with Crippen LogP contribution in [0.1, 0.15) is 0 Å². The molecule has 0 N–H and O–H groups in total. The van der Waals surface area contributed by atoms with Crippen LogP contribution in [0.2, 0.25) is 19.6 Å². The van der Waals surface area contributed by atoms with E-state index in [0.717, 1.165) is 5.75 Å². The second-order valence-electron chi connectivity index (χ2n) is 4.69. The van der Waals surface area contributed by atoms with Crippen molar-refractivity contribution in [1.82, 2.24) is 0 Å². The Morgan fingerprint density at radius 1 is 0.867 bits per heavy atom. The zero-order valence-electron chi connectivity index (χ0n) is 9.45. The van der Waals surface area contributed by atoms with E-state index in [1.54, 1.807) is 0 Å². The molecule has 0 radical (unpaired) electrons. The molecule has 0 bridgehead atoms. The molecule has 0 aromatic heterocycles. The summed E-state index contributed by atoms with van der Waals surface area (Å²) in [6.45, 7) is 6.61. The van der Waals surface area contributed by atoms with Crippen LogP contribution in [0.5, 0.6) is 5.75 Å². The Morgan fingerprint density at radius 3 is 2.27 bits per heavy atom. The van der Waals surface area contributed by atoms with Gasteiger partial charge in [0.05, 0.1) is 0 Å². The molecule has 2 aromatic carbocycles. The highest BCUT2D eigenvalue weighted by Crippen LogP contribution is 2.27. The molecule has 15 heavy (non-hydrogen) atoms. The highest BCUT2D eigenvalue weighted by atomic mass is 28.4. The summed E-state index contributed by atoms with van der Waals surface area (Å²) in [5.74, 6) is 1.02. The third kappa shape index (κ3) is 2.39. The topological polar surface area (TPSA) is 9.23 Å². The van der Waals surface area contributed by atoms with Crippen molar-refractivity contribution in [1.29, 1.82) is 0 Å². The molecule has 0 unspecified atom stereocenters. The van der Waals surface area contributed by atoms with Gasteiger partial charge in [0.2, 0.25) is 8.32 Å². The zero-order valence-corrected chi connectivity index (χ0v) is 10.4. The number of hydrogen-bond acceptors (Lipinski definition) is 1. The molecule has 0 fully saturated rings. The van der Waals surface area contributed by atoms with Crippen LogP contribution < -0.4 is 4.43 Å². The van der Waals surface area contributed by atoms with Crippen molar-refractivity contribution in [3.63, 3.8) is 0 Å². The molecule has 0 aliphatic rings. The maximum Gasteiger partial charge on any atom is 0.242 e. The lowest BCUT2D eigenvalue weighted by atomic mass is 10.1. The standard InChI is InChI=1S/C13H16OSi/c1-15(2,3)14-13-10-6-8-11-7-4-5-9-12(11)13/h4-10H,1-3H3. The Hall–Kier alpha value is -1.28. The lowest BCUT2D eigenvalue weighted by Crippen LogP contribution is -2.29. The molecule has 2 aromatic rings. The highest BCUT2D eigenvalue weighted by Gasteiger charge is 2.17. The fourth-order valence-electron chi connectivity index (χ4n) is 1.61. The first-order chi connectivity index (χ1) is 7.06. The lowest BCUT2D eigenvalue weighted by molar-refractivity contribution is 0.564. The maximum absolute atomic E-state index is 6.05. The van der Waals surface area contributed by atoms with Crippen LogP contribution in [0.15, 0.2) is 42.5 Å². The minimum Gasteiger partial charge on any atom is -0.544 e. The average Bonchev–Trinajstić information content (AvgIpc) is 2.16. The molecule has 2 heteroatoms. The van der Waals surface area contributed by atoms with Crippen LogP contribution in [0, 0.1) is 0 Å². The van der Waals surface area contributed by atoms with Crippen LogP contribution in [-0.4, -0.2) is 8.32 Å². The van der Waals surface area contributed by atoms with Crippen molar-refractivity contribution in [2.24, 2.45) is 0 Å². The third-order valence-electron chi connectivity index (χ3n) is 2.17. The van der Waals surface area contributed by atoms with Gasteiger partial charge in [0.15, 0.2) is 0 Å². The van der Waals surface area contributed by atoms with Crippen LogP contribution >= 0.6 is 0 Å². The van der Waals surface area contributed by atoms with Crippen molar-refractivity contribution in [2.75, 3.05) is 0 Å². The molecule has 0 saturated heterocycles. The van der Waals surface area contributed by atoms with E-state index in [4.69, 9.17) is 4.43 Å². The van der Waals surface area contributed by atoms with Gasteiger partial charge in [0.25, 0.3) is 0 Å². The number of benzene rings is 2. The first-order valence-corrected chi connectivity index (χ1v) is 8.64. The van der Waals surface area contributed by atoms with E-state index in [9.17, 15) is 0 Å². The van der Waals surface area contributed by atoms with E-state index >= 15 is 0 Å². The Kier molecular flexibility index (Phi) is 2.53. The van der Waals surface area contributed by atoms with Gasteiger partial charge >= 0.3 is 0 Å². The van der Waals surface area contributed by atoms with E-state index in [0.29, 0.717) is 0 Å². The molecular formula is C13H16OSi. The molecule has 1 nitrogen and oxygen atoms in total. The second kappa shape index (κ2) is 3.70. The van der Waals surface area contributed by atoms with Gasteiger partial charge in [-0.2, -0.15) is 0 Å². The van der Waals surface area contributed by atoms with Crippen molar-refractivity contribution in [3.05, 3.63) is 42.5 Å². The molecule has 78 valence electrons. The fraction of sp³-hybridized carbons (Fsp3) is 0.231. The van der Waals surface area contributed by atoms with Crippen LogP contribution in [0.3, 0.4) is 0 Å². The molecular weight excluding hydrogens is 200 g/mol. The van der Waals surface area contributed by atoms with Gasteiger partial charge in [0.1, 0.15) is 5.75 Å². The fourth-order valence-corrected chi connectivity index (χ4v) is 2.45. The predicted octanol–water partition coefficient (Wildman–Crippen LogP) is 4.05. The first-order valence-electron chi connectivity index (χ1n) is 5.23. The van der Waals surface area contributed by atoms with Crippen molar-refractivity contribution in [2.45, 2.75) is 19.6 Å². The smallest absolute Gasteiger partial charge is 0.242 e. The Balaban J connectivity index is 2.52. The number of rotatable bonds is 2. The summed E-state index contributed by atoms with van der Waals surface area (Å²) in [6, 6.07) is 14.6. The van der Waals surface area contributed by atoms with Crippen LogP contribution in [0.4, 0.5) is 0 Å². The molecule has 0 aliphatic heterocycles. The molecule has 0 heterocycles. The summed E-state index contributed by atoms with van der Waals surface area (Å²) < 4.78 is 6.05. The highest BCUT2D eigenvalue weighted by molar-refractivity contribution is 6.70. The van der Waals surface area contributed by atoms with Gasteiger partial charge in [0, 0.05) is 5.39 Å². The molecule has 0 saturated carbocycles. The largest absolute Gasteiger partial charge is 0.544 e. The SMILES string of the molecule is C[Si](C)(C)Oc1cccc2ccccc12. The van der Waals surface area contributed by atoms with Crippen LogP contribution in [-0.2, 0) is 0 Å². The third-order valence-corrected chi connectivity index (χ3v) is 3.00. The molecule has 0 spiro atoms. The predicted molar refractivity (Wildman–Crippen MR) is 67.9 cm³/mol. The summed E-state index contributed by atoms with van der Waals surface area (Å²) in [5.41, 5.74) is 0. The Morgan fingerprint density at radius 2 is 1.53 bits per heavy atom. The zero-order chi connectivity index (χ0) is 10.9. The van der Waals surface area contributed by atoms with E-state index in [1.807, 2.05) is 0 Å². The van der Waals surface area contributed by atoms with Gasteiger partial charge < -0.3 is 4.43 Å². The number of hydrogen-bond donors (Lipinski definition) is 0. The van der Waals surface area contributed by atoms with Crippen molar-refractivity contribution in [3.8, 4) is 5.75 Å². The van der Waals surface area contributed by atoms with Crippen molar-refractivity contribution >= 4 is 19.1 Å². The monoisotopic (exact) mass is 216 g/mol. The van der Waals surface area contributed by atoms with Gasteiger partial charge in [-0.15, -0.1) is 0 Å². The quantitative estimate of drug-likeness (QED) is 0.688. The molecule has 0 aliphatic carbocycles. The van der Waals surface area contributed by atoms with E-state index in [1.165, 1.54) is 10.8 Å². The normalized spacial score (nSPS) is 11.7.